The zero-order chi connectivity index (χ0) is 14.8. The van der Waals surface area contributed by atoms with Gasteiger partial charge in [-0.25, -0.2) is 4.39 Å². The van der Waals surface area contributed by atoms with E-state index in [1.807, 2.05) is 0 Å². The second-order valence-electron chi connectivity index (χ2n) is 5.46. The van der Waals surface area contributed by atoms with Crippen LogP contribution in [0.25, 0.3) is 0 Å². The highest BCUT2D eigenvalue weighted by Gasteiger charge is 2.45. The minimum absolute atomic E-state index is 0.118. The number of hydrogen-bond acceptors (Lipinski definition) is 3. The molecule has 2 rings (SSSR count). The van der Waals surface area contributed by atoms with E-state index >= 15 is 0 Å². The van der Waals surface area contributed by atoms with Gasteiger partial charge in [0.05, 0.1) is 6.61 Å². The monoisotopic (exact) mass is 281 g/mol. The van der Waals surface area contributed by atoms with Crippen LogP contribution in [0.5, 0.6) is 5.75 Å². The zero-order valence-electron chi connectivity index (χ0n) is 11.6. The Morgan fingerprint density at radius 1 is 1.60 bits per heavy atom. The lowest BCUT2D eigenvalue weighted by Gasteiger charge is -2.26. The number of nitrogens with two attached hydrogens (primary N) is 1. The molecule has 1 fully saturated rings. The summed E-state index contributed by atoms with van der Waals surface area (Å²) in [5.74, 6) is -1.23. The van der Waals surface area contributed by atoms with Gasteiger partial charge in [-0.3, -0.25) is 4.79 Å². The molecule has 3 N–H and O–H groups in total. The summed E-state index contributed by atoms with van der Waals surface area (Å²) < 4.78 is 19.2. The highest BCUT2D eigenvalue weighted by Crippen LogP contribution is 2.36. The van der Waals surface area contributed by atoms with Gasteiger partial charge in [0, 0.05) is 0 Å². The first-order chi connectivity index (χ1) is 9.45. The van der Waals surface area contributed by atoms with Gasteiger partial charge < -0.3 is 15.6 Å². The molecule has 0 amide bonds. The van der Waals surface area contributed by atoms with Gasteiger partial charge in [0.15, 0.2) is 11.6 Å². The van der Waals surface area contributed by atoms with Crippen molar-refractivity contribution in [1.29, 1.82) is 0 Å². The fourth-order valence-corrected chi connectivity index (χ4v) is 2.83. The molecule has 1 aromatic rings. The smallest absolute Gasteiger partial charge is 0.323 e. The van der Waals surface area contributed by atoms with Crippen molar-refractivity contribution < 1.29 is 19.0 Å². The number of aryl methyl sites for hydroxylation is 1. The third-order valence-corrected chi connectivity index (χ3v) is 4.15. The first-order valence-corrected chi connectivity index (χ1v) is 6.85. The van der Waals surface area contributed by atoms with E-state index in [1.54, 1.807) is 25.1 Å². The van der Waals surface area contributed by atoms with Crippen molar-refractivity contribution in [2.24, 2.45) is 11.7 Å². The summed E-state index contributed by atoms with van der Waals surface area (Å²) in [5, 5.41) is 9.21. The van der Waals surface area contributed by atoms with E-state index in [0.717, 1.165) is 12.8 Å². The van der Waals surface area contributed by atoms with Crippen LogP contribution >= 0.6 is 0 Å². The molecule has 1 aliphatic carbocycles. The number of halogens is 1. The molecule has 20 heavy (non-hydrogen) atoms. The maximum atomic E-state index is 13.7. The number of ether oxygens (including phenoxy) is 1. The van der Waals surface area contributed by atoms with Crippen molar-refractivity contribution in [2.45, 2.75) is 38.1 Å². The number of benzene rings is 1. The highest BCUT2D eigenvalue weighted by molar-refractivity contribution is 5.79. The molecular formula is C15H20FNO3. The van der Waals surface area contributed by atoms with Gasteiger partial charge in [0.25, 0.3) is 0 Å². The highest BCUT2D eigenvalue weighted by atomic mass is 19.1. The Bertz CT molecular complexity index is 506. The Balaban J connectivity index is 1.93. The second-order valence-corrected chi connectivity index (χ2v) is 5.46. The Kier molecular flexibility index (Phi) is 4.28. The summed E-state index contributed by atoms with van der Waals surface area (Å²) in [4.78, 5) is 11.2. The summed E-state index contributed by atoms with van der Waals surface area (Å²) in [6.07, 6.45) is 2.61. The first-order valence-electron chi connectivity index (χ1n) is 6.85. The average molecular weight is 281 g/mol. The van der Waals surface area contributed by atoms with Crippen LogP contribution in [0.15, 0.2) is 18.2 Å². The van der Waals surface area contributed by atoms with Crippen LogP contribution in [0.4, 0.5) is 4.39 Å². The summed E-state index contributed by atoms with van der Waals surface area (Å²) in [6.45, 7) is 1.95. The molecule has 0 heterocycles. The van der Waals surface area contributed by atoms with Crippen molar-refractivity contribution in [2.75, 3.05) is 6.61 Å². The van der Waals surface area contributed by atoms with E-state index < -0.39 is 11.5 Å². The SMILES string of the molecule is Cc1cccc(OCCC2CCCC2(N)C(=O)O)c1F. The van der Waals surface area contributed by atoms with Crippen molar-refractivity contribution in [3.63, 3.8) is 0 Å². The second kappa shape index (κ2) is 5.79. The summed E-state index contributed by atoms with van der Waals surface area (Å²) in [5.41, 5.74) is 5.32. The maximum absolute atomic E-state index is 13.7. The van der Waals surface area contributed by atoms with Crippen molar-refractivity contribution >= 4 is 5.97 Å². The van der Waals surface area contributed by atoms with Gasteiger partial charge in [-0.05, 0) is 43.7 Å². The molecule has 1 saturated carbocycles. The lowest BCUT2D eigenvalue weighted by Crippen LogP contribution is -2.51. The first kappa shape index (κ1) is 14.8. The van der Waals surface area contributed by atoms with E-state index in [2.05, 4.69) is 0 Å². The van der Waals surface area contributed by atoms with Crippen LogP contribution in [0.1, 0.15) is 31.2 Å². The van der Waals surface area contributed by atoms with E-state index in [9.17, 15) is 14.3 Å². The van der Waals surface area contributed by atoms with Crippen molar-refractivity contribution in [3.05, 3.63) is 29.6 Å². The Morgan fingerprint density at radius 3 is 3.05 bits per heavy atom. The standard InChI is InChI=1S/C15H20FNO3/c1-10-4-2-6-12(13(10)16)20-9-7-11-5-3-8-15(11,17)14(18)19/h2,4,6,11H,3,5,7-9,17H2,1H3,(H,18,19). The van der Waals surface area contributed by atoms with Crippen molar-refractivity contribution in [3.8, 4) is 5.75 Å². The molecule has 2 unspecified atom stereocenters. The lowest BCUT2D eigenvalue weighted by atomic mass is 9.86. The Morgan fingerprint density at radius 2 is 2.35 bits per heavy atom. The number of carboxylic acids is 1. The predicted molar refractivity (Wildman–Crippen MR) is 73.1 cm³/mol. The van der Waals surface area contributed by atoms with Crippen LogP contribution < -0.4 is 10.5 Å². The molecule has 0 aliphatic heterocycles. The predicted octanol–water partition coefficient (Wildman–Crippen LogP) is 2.49. The van der Waals surface area contributed by atoms with Gasteiger partial charge in [-0.1, -0.05) is 18.6 Å². The number of carbonyl (C=O) groups is 1. The molecule has 0 spiro atoms. The van der Waals surface area contributed by atoms with Gasteiger partial charge in [0.1, 0.15) is 5.54 Å². The molecule has 1 aliphatic rings. The molecule has 5 heteroatoms. The van der Waals surface area contributed by atoms with Crippen LogP contribution in [-0.2, 0) is 4.79 Å². The summed E-state index contributed by atoms with van der Waals surface area (Å²) in [7, 11) is 0. The zero-order valence-corrected chi connectivity index (χ0v) is 11.6. The topological polar surface area (TPSA) is 72.5 Å². The number of aliphatic carboxylic acids is 1. The van der Waals surface area contributed by atoms with Gasteiger partial charge in [-0.15, -0.1) is 0 Å². The molecule has 4 nitrogen and oxygen atoms in total. The molecule has 0 aromatic heterocycles. The van der Waals surface area contributed by atoms with Gasteiger partial charge in [0.2, 0.25) is 0 Å². The molecular weight excluding hydrogens is 261 g/mol. The minimum Gasteiger partial charge on any atom is -0.490 e. The number of carboxylic acid groups (broad SMARTS) is 1. The molecule has 0 bridgehead atoms. The van der Waals surface area contributed by atoms with E-state index in [-0.39, 0.29) is 24.1 Å². The minimum atomic E-state index is -1.16. The third-order valence-electron chi connectivity index (χ3n) is 4.15. The van der Waals surface area contributed by atoms with E-state index in [0.29, 0.717) is 18.4 Å². The van der Waals surface area contributed by atoms with Crippen LogP contribution in [0, 0.1) is 18.7 Å². The number of rotatable bonds is 5. The van der Waals surface area contributed by atoms with Crippen molar-refractivity contribution in [1.82, 2.24) is 0 Å². The molecule has 110 valence electrons. The fraction of sp³-hybridized carbons (Fsp3) is 0.533. The molecule has 0 saturated heterocycles. The summed E-state index contributed by atoms with van der Waals surface area (Å²) in [6, 6.07) is 4.98. The van der Waals surface area contributed by atoms with Gasteiger partial charge in [-0.2, -0.15) is 0 Å². The van der Waals surface area contributed by atoms with E-state index in [1.165, 1.54) is 0 Å². The van der Waals surface area contributed by atoms with Gasteiger partial charge >= 0.3 is 5.97 Å². The summed E-state index contributed by atoms with van der Waals surface area (Å²) >= 11 is 0. The lowest BCUT2D eigenvalue weighted by molar-refractivity contribution is -0.144. The van der Waals surface area contributed by atoms with Crippen LogP contribution in [-0.4, -0.2) is 23.2 Å². The quantitative estimate of drug-likeness (QED) is 0.869. The normalized spacial score (nSPS) is 25.6. The van der Waals surface area contributed by atoms with Crippen LogP contribution in [0.3, 0.4) is 0 Å². The number of hydrogen-bond donors (Lipinski definition) is 2. The molecule has 1 aromatic carbocycles. The fourth-order valence-electron chi connectivity index (χ4n) is 2.83. The largest absolute Gasteiger partial charge is 0.490 e. The maximum Gasteiger partial charge on any atom is 0.323 e. The Labute approximate surface area is 117 Å². The van der Waals surface area contributed by atoms with Crippen LogP contribution in [0.2, 0.25) is 0 Å². The molecule has 2 atom stereocenters. The third kappa shape index (κ3) is 2.77. The van der Waals surface area contributed by atoms with E-state index in [4.69, 9.17) is 10.5 Å². The Hall–Kier alpha value is -1.62. The average Bonchev–Trinajstić information content (AvgIpc) is 2.78. The molecule has 0 radical (unpaired) electrons.